The standard InChI is InChI=1S/4C11H9.2C7H8Si.2ClH.2Hf/c4*1-2-6-10(7-3-1)11-8-4-5-9-11;2*1-8-7-5-3-2-4-6-7;;;;/h4*1-3,6-9H,4H2;2*2-6H,1H3;2*1H;;/q4*-1;;;;;2*+2/p-2. The second-order valence-corrected chi connectivity index (χ2v) is 34.1. The fraction of sp³-hybridized carbons (Fsp3) is 0.103. The van der Waals surface area contributed by atoms with Crippen molar-refractivity contribution in [3.05, 3.63) is 277 Å². The summed E-state index contributed by atoms with van der Waals surface area (Å²) < 4.78 is 0. The fourth-order valence-electron chi connectivity index (χ4n) is 6.29. The molecule has 0 aliphatic heterocycles. The molecule has 0 nitrogen and oxygen atoms in total. The van der Waals surface area contributed by atoms with E-state index in [1.54, 1.807) is 10.4 Å². The molecule has 0 saturated heterocycles. The average Bonchev–Trinajstić information content (AvgIpc) is 4.22. The van der Waals surface area contributed by atoms with Gasteiger partial charge in [0.15, 0.2) is 0 Å². The van der Waals surface area contributed by atoms with Crippen LogP contribution in [0.25, 0.3) is 22.3 Å². The van der Waals surface area contributed by atoms with Gasteiger partial charge in [0, 0.05) is 0 Å². The minimum absolute atomic E-state index is 0. The minimum Gasteiger partial charge on any atom is -1.00 e. The quantitative estimate of drug-likeness (QED) is 0.120. The smallest absolute Gasteiger partial charge is 0.0623 e. The molecule has 0 aromatic heterocycles. The molecule has 0 saturated carbocycles. The first kappa shape index (κ1) is 54.3. The molecule has 6 heteroatoms. The predicted octanol–water partition coefficient (Wildman–Crippen LogP) is 7.46. The second kappa shape index (κ2) is 32.6. The molecule has 6 aromatic rings. The monoisotopic (exact) mass is 1230 g/mol. The van der Waals surface area contributed by atoms with E-state index in [0.717, 1.165) is 25.7 Å². The summed E-state index contributed by atoms with van der Waals surface area (Å²) in [4.78, 5) is 0. The van der Waals surface area contributed by atoms with E-state index in [9.17, 15) is 0 Å². The first-order chi connectivity index (χ1) is 30.5. The fourth-order valence-corrected chi connectivity index (χ4v) is 11.3. The van der Waals surface area contributed by atoms with Crippen LogP contribution in [0.1, 0.15) is 47.9 Å². The topological polar surface area (TPSA) is 0 Å². The molecule has 64 heavy (non-hydrogen) atoms. The van der Waals surface area contributed by atoms with Crippen LogP contribution in [0.3, 0.4) is 0 Å². The van der Waals surface area contributed by atoms with Gasteiger partial charge < -0.3 is 24.8 Å². The Morgan fingerprint density at radius 2 is 0.500 bits per heavy atom. The van der Waals surface area contributed by atoms with Crippen LogP contribution in [0, 0.1) is 24.3 Å². The van der Waals surface area contributed by atoms with E-state index in [2.05, 4.69) is 244 Å². The van der Waals surface area contributed by atoms with Gasteiger partial charge in [-0.25, -0.2) is 24.3 Å². The SMILES string of the molecule is C[Si](=[Hf+2])c1ccccc1.C[Si](=[Hf+2])c1ccccc1.[C-]1=CC(c2ccccc2)=CC1.[C-]1=CC(c2ccccc2)=CC1.[C-]1=CC(c2ccccc2)=CC1.[C-]1=CC(c2ccccc2)=CC1.[Cl-].[Cl-]. The van der Waals surface area contributed by atoms with Crippen LogP contribution in [-0.2, 0) is 46.0 Å². The summed E-state index contributed by atoms with van der Waals surface area (Å²) in [5.41, 5.74) is 10.2. The first-order valence-electron chi connectivity index (χ1n) is 21.0. The van der Waals surface area contributed by atoms with Crippen LogP contribution in [0.4, 0.5) is 0 Å². The zero-order chi connectivity index (χ0) is 43.5. The Hall–Kier alpha value is -4.01. The molecule has 4 aliphatic carbocycles. The van der Waals surface area contributed by atoms with Crippen LogP contribution in [0.2, 0.25) is 13.1 Å². The Bertz CT molecular complexity index is 2210. The van der Waals surface area contributed by atoms with Gasteiger partial charge in [-0.3, -0.25) is 24.3 Å². The summed E-state index contributed by atoms with van der Waals surface area (Å²) in [6.45, 7) is 4.73. The van der Waals surface area contributed by atoms with Crippen LogP contribution >= 0.6 is 0 Å². The van der Waals surface area contributed by atoms with E-state index in [4.69, 9.17) is 0 Å². The molecule has 6 aromatic carbocycles. The molecule has 0 amide bonds. The Morgan fingerprint density at radius 3 is 0.641 bits per heavy atom. The summed E-state index contributed by atoms with van der Waals surface area (Å²) >= 11 is 2.72. The van der Waals surface area contributed by atoms with Crippen LogP contribution < -0.4 is 35.2 Å². The molecule has 0 atom stereocenters. The maximum absolute atomic E-state index is 3.15. The molecule has 0 unspecified atom stereocenters. The van der Waals surface area contributed by atoms with Gasteiger partial charge in [-0.15, -0.1) is 47.9 Å². The molecule has 0 radical (unpaired) electrons. The zero-order valence-corrected chi connectivity index (χ0v) is 47.2. The zero-order valence-electron chi connectivity index (χ0n) is 36.5. The van der Waals surface area contributed by atoms with Crippen molar-refractivity contribution in [1.82, 2.24) is 0 Å². The van der Waals surface area contributed by atoms with Gasteiger partial charge in [0.1, 0.15) is 0 Å². The third kappa shape index (κ3) is 20.4. The third-order valence-electron chi connectivity index (χ3n) is 9.63. The van der Waals surface area contributed by atoms with Crippen molar-refractivity contribution < 1.29 is 70.8 Å². The van der Waals surface area contributed by atoms with Crippen molar-refractivity contribution in [3.8, 4) is 0 Å². The van der Waals surface area contributed by atoms with E-state index >= 15 is 0 Å². The Labute approximate surface area is 426 Å². The van der Waals surface area contributed by atoms with E-state index in [1.807, 2.05) is 24.3 Å². The van der Waals surface area contributed by atoms with Gasteiger partial charge in [-0.05, 0) is 0 Å². The van der Waals surface area contributed by atoms with Crippen molar-refractivity contribution >= 4 is 43.7 Å². The van der Waals surface area contributed by atoms with Crippen LogP contribution in [0.15, 0.2) is 231 Å². The van der Waals surface area contributed by atoms with Gasteiger partial charge in [0.2, 0.25) is 0 Å². The molecule has 0 bridgehead atoms. The first-order valence-corrected chi connectivity index (χ1v) is 35.8. The Balaban J connectivity index is 0.000000203. The Kier molecular flexibility index (Phi) is 27.7. The van der Waals surface area contributed by atoms with E-state index < -0.39 is 0 Å². The summed E-state index contributed by atoms with van der Waals surface area (Å²) in [6.07, 6.45) is 33.4. The summed E-state index contributed by atoms with van der Waals surface area (Å²) in [7, 11) is 0. The summed E-state index contributed by atoms with van der Waals surface area (Å²) in [5.74, 6) is 0. The number of allylic oxidation sites excluding steroid dienone is 16. The number of hydrogen-bond acceptors (Lipinski definition) is 0. The van der Waals surface area contributed by atoms with Crippen molar-refractivity contribution in [2.45, 2.75) is 38.8 Å². The number of benzene rings is 6. The van der Waals surface area contributed by atoms with Gasteiger partial charge >= 0.3 is 141 Å². The molecule has 10 rings (SSSR count). The minimum atomic E-state index is -0.0733. The molecular weight excluding hydrogens is 1180 g/mol. The van der Waals surface area contributed by atoms with Crippen molar-refractivity contribution in [2.24, 2.45) is 0 Å². The van der Waals surface area contributed by atoms with Crippen LogP contribution in [0.5, 0.6) is 0 Å². The third-order valence-corrected chi connectivity index (χ3v) is 18.3. The van der Waals surface area contributed by atoms with Gasteiger partial charge in [-0.1, -0.05) is 121 Å². The van der Waals surface area contributed by atoms with E-state index in [0.29, 0.717) is 0 Å². The maximum Gasteiger partial charge on any atom is -0.0623 e. The molecule has 0 heterocycles. The van der Waals surface area contributed by atoms with Gasteiger partial charge in [0.25, 0.3) is 0 Å². The molecule has 316 valence electrons. The molecular formula is C58H52Cl2Hf2Si2-2. The number of hydrogen-bond donors (Lipinski definition) is 0. The summed E-state index contributed by atoms with van der Waals surface area (Å²) in [6, 6.07) is 63.2. The van der Waals surface area contributed by atoms with Crippen molar-refractivity contribution in [3.63, 3.8) is 0 Å². The van der Waals surface area contributed by atoms with Crippen molar-refractivity contribution in [2.75, 3.05) is 0 Å². The molecule has 0 N–H and O–H groups in total. The average molecular weight is 1230 g/mol. The van der Waals surface area contributed by atoms with Crippen molar-refractivity contribution in [1.29, 1.82) is 0 Å². The normalized spacial score (nSPS) is 13.0. The van der Waals surface area contributed by atoms with Crippen LogP contribution in [-0.4, -0.2) is 11.0 Å². The number of rotatable bonds is 6. The molecule has 0 spiro atoms. The second-order valence-electron chi connectivity index (χ2n) is 14.3. The van der Waals surface area contributed by atoms with Gasteiger partial charge in [-0.2, -0.15) is 46.6 Å². The Morgan fingerprint density at radius 1 is 0.312 bits per heavy atom. The largest absolute Gasteiger partial charge is 1.00 e. The molecule has 4 aliphatic rings. The van der Waals surface area contributed by atoms with Gasteiger partial charge in [0.05, 0.1) is 0 Å². The number of halogens is 2. The van der Waals surface area contributed by atoms with E-state index in [1.165, 1.54) is 90.5 Å². The molecule has 0 fully saturated rings. The van der Waals surface area contributed by atoms with E-state index in [-0.39, 0.29) is 35.8 Å². The predicted molar refractivity (Wildman–Crippen MR) is 263 cm³/mol. The summed E-state index contributed by atoms with van der Waals surface area (Å²) in [5, 5.41) is 3.16. The maximum atomic E-state index is 3.15.